The molecule has 0 aromatic heterocycles. The van der Waals surface area contributed by atoms with E-state index < -0.39 is 85.8 Å². The summed E-state index contributed by atoms with van der Waals surface area (Å²) >= 11 is 0. The third-order valence-electron chi connectivity index (χ3n) is 6.31. The van der Waals surface area contributed by atoms with Gasteiger partial charge in [0.1, 0.15) is 0 Å². The van der Waals surface area contributed by atoms with Gasteiger partial charge < -0.3 is 17.2 Å². The van der Waals surface area contributed by atoms with Crippen LogP contribution in [-0.2, 0) is 21.9 Å². The summed E-state index contributed by atoms with van der Waals surface area (Å²) in [5.41, 5.74) is -0.486. The molecule has 0 aliphatic rings. The van der Waals surface area contributed by atoms with Crippen LogP contribution in [0.2, 0.25) is 64.5 Å². The van der Waals surface area contributed by atoms with Crippen LogP contribution in [0.25, 0.3) is 0 Å². The van der Waals surface area contributed by atoms with E-state index >= 15 is 0 Å². The Kier molecular flexibility index (Phi) is 14.1. The number of ether oxygens (including phenoxy) is 1. The van der Waals surface area contributed by atoms with E-state index in [1.54, 1.807) is 6.07 Å². The van der Waals surface area contributed by atoms with Crippen molar-refractivity contribution >= 4 is 60.8 Å². The van der Waals surface area contributed by atoms with Crippen LogP contribution in [0.3, 0.4) is 0 Å². The van der Waals surface area contributed by atoms with Gasteiger partial charge in [-0.1, -0.05) is 42.9 Å². The van der Waals surface area contributed by atoms with Crippen molar-refractivity contribution in [3.8, 4) is 0 Å². The predicted molar refractivity (Wildman–Crippen MR) is 160 cm³/mol. The minimum Gasteiger partial charge on any atom is -0.416 e. The number of anilines is 1. The molecule has 1 unspecified atom stereocenters. The molecular weight excluding hydrogens is 732 g/mol. The first-order valence-electron chi connectivity index (χ1n) is 13.6. The zero-order valence-corrected chi connectivity index (χ0v) is 31.6. The summed E-state index contributed by atoms with van der Waals surface area (Å²) in [7, 11) is -8.73. The van der Waals surface area contributed by atoms with Gasteiger partial charge in [0.25, 0.3) is 0 Å². The maximum absolute atomic E-state index is 15.0. The van der Waals surface area contributed by atoms with Gasteiger partial charge in [-0.2, -0.15) is 48.3 Å². The molecule has 3 radical (unpaired) electrons. The Morgan fingerprint density at radius 3 is 1.61 bits per heavy atom. The second kappa shape index (κ2) is 15.2. The van der Waals surface area contributed by atoms with E-state index in [-0.39, 0.29) is 4.90 Å². The highest BCUT2D eigenvalue weighted by atomic mass is 28.5. The number of hydrogen-bond donors (Lipinski definition) is 0. The average molecular weight is 769 g/mol. The van der Waals surface area contributed by atoms with E-state index in [4.69, 9.17) is 12.3 Å². The summed E-state index contributed by atoms with van der Waals surface area (Å²) in [5, 5.41) is 0.521. The maximum atomic E-state index is 15.0. The van der Waals surface area contributed by atoms with Crippen LogP contribution in [-0.4, -0.2) is 87.2 Å². The van der Waals surface area contributed by atoms with Crippen LogP contribution in [0, 0.1) is 0 Å². The minimum atomic E-state index is -7.27. The third-order valence-corrected chi connectivity index (χ3v) is 19.4. The number of halogens is 11. The first kappa shape index (κ1) is 42.9. The number of carbonyl (C=O) groups excluding carboxylic acids is 1. The first-order chi connectivity index (χ1) is 20.4. The van der Waals surface area contributed by atoms with E-state index in [1.165, 1.54) is 12.1 Å². The zero-order valence-electron chi connectivity index (χ0n) is 26.6. The second-order valence-electron chi connectivity index (χ2n) is 11.6. The highest BCUT2D eigenvalue weighted by Gasteiger charge is 2.80. The number of nitrogens with zero attached hydrogens (tertiary/aromatic N) is 1. The Morgan fingerprint density at radius 2 is 1.22 bits per heavy atom. The van der Waals surface area contributed by atoms with Gasteiger partial charge in [0.2, 0.25) is 0 Å². The molecule has 1 aromatic rings. The molecule has 6 nitrogen and oxygen atoms in total. The molecule has 1 aromatic carbocycles. The molecule has 46 heavy (non-hydrogen) atoms. The molecule has 1 atom stereocenters. The average Bonchev–Trinajstić information content (AvgIpc) is 2.84. The monoisotopic (exact) mass is 768 g/mol. The number of hydrogen-bond acceptors (Lipinski definition) is 5. The van der Waals surface area contributed by atoms with Crippen LogP contribution in [0.4, 0.5) is 54.0 Å². The molecular formula is C24H37F11NO5Si5. The lowest BCUT2D eigenvalue weighted by molar-refractivity contribution is -0.472. The van der Waals surface area contributed by atoms with Crippen molar-refractivity contribution in [3.05, 3.63) is 24.3 Å². The van der Waals surface area contributed by atoms with Gasteiger partial charge in [0, 0.05) is 18.8 Å². The van der Waals surface area contributed by atoms with Crippen molar-refractivity contribution in [2.45, 2.75) is 101 Å². The predicted octanol–water partition coefficient (Wildman–Crippen LogP) is 7.73. The summed E-state index contributed by atoms with van der Waals surface area (Å²) in [4.78, 5) is 12.5. The number of likely N-dealkylation sites (N-methyl/N-ethyl adjacent to an activating group) is 1. The smallest absolute Gasteiger partial charge is 0.416 e. The highest BCUT2D eigenvalue weighted by molar-refractivity contribution is 6.90. The van der Waals surface area contributed by atoms with Crippen LogP contribution in [0.5, 0.6) is 0 Å². The molecule has 1 rings (SSSR count). The molecule has 0 bridgehead atoms. The summed E-state index contributed by atoms with van der Waals surface area (Å²) in [6.07, 6.45) is -20.5. The first-order valence-corrected chi connectivity index (χ1v) is 26.0. The van der Waals surface area contributed by atoms with E-state index in [0.717, 1.165) is 6.07 Å². The van der Waals surface area contributed by atoms with Crippen molar-refractivity contribution in [1.29, 1.82) is 0 Å². The topological polar surface area (TPSA) is 57.2 Å². The van der Waals surface area contributed by atoms with Crippen LogP contribution in [0.15, 0.2) is 24.3 Å². The van der Waals surface area contributed by atoms with Gasteiger partial charge >= 0.3 is 45.0 Å². The van der Waals surface area contributed by atoms with E-state index in [9.17, 15) is 53.1 Å². The number of rotatable bonds is 16. The molecule has 1 amide bonds. The van der Waals surface area contributed by atoms with E-state index in [0.29, 0.717) is 30.7 Å². The van der Waals surface area contributed by atoms with Gasteiger partial charge in [0.05, 0.1) is 8.07 Å². The van der Waals surface area contributed by atoms with Gasteiger partial charge in [0.15, 0.2) is 27.1 Å². The molecule has 0 aliphatic carbocycles. The van der Waals surface area contributed by atoms with Crippen molar-refractivity contribution in [2.24, 2.45) is 0 Å². The zero-order chi connectivity index (χ0) is 36.3. The summed E-state index contributed by atoms with van der Waals surface area (Å²) < 4.78 is 169. The Hall–Kier alpha value is -1.16. The largest absolute Gasteiger partial charge is 0.469 e. The standard InChI is InChI=1S/C24H37F11NO5Si5/c1-36(19(37)20(25,22(28,29)30)38-24(34,35)21(26,27)23(31,32)33)17-12-10-13-18(16-17)45(8,9)14-11-15-46(39-42(2)3,40-43(4)5)41-44(6)7/h10,12-13,16H,11,14-15H2,1-9H3. The minimum absolute atomic E-state index is 0.138. The number of amides is 1. The fourth-order valence-electron chi connectivity index (χ4n) is 4.14. The van der Waals surface area contributed by atoms with Gasteiger partial charge in [-0.25, -0.2) is 0 Å². The maximum Gasteiger partial charge on any atom is 0.469 e. The van der Waals surface area contributed by atoms with Gasteiger partial charge in [-0.05, 0) is 51.4 Å². The Labute approximate surface area is 268 Å². The molecule has 0 saturated heterocycles. The SMILES string of the molecule is CN(C(=O)C(F)(OC(F)(F)C(F)(F)C(F)(F)F)C(F)(F)F)c1cccc([Si](C)(C)CCC[Si](O[Si](C)C)(O[Si](C)C)O[Si](C)C)c1. The van der Waals surface area contributed by atoms with Crippen molar-refractivity contribution in [1.82, 2.24) is 0 Å². The van der Waals surface area contributed by atoms with Crippen molar-refractivity contribution < 1.29 is 70.2 Å². The lowest BCUT2D eigenvalue weighted by Crippen LogP contribution is -2.63. The molecule has 0 aliphatic heterocycles. The number of benzene rings is 1. The summed E-state index contributed by atoms with van der Waals surface area (Å²) in [6.45, 7) is 15.5. The third kappa shape index (κ3) is 10.4. The van der Waals surface area contributed by atoms with Crippen LogP contribution < -0.4 is 10.1 Å². The summed E-state index contributed by atoms with van der Waals surface area (Å²) in [5.74, 6) is -16.6. The lowest BCUT2D eigenvalue weighted by Gasteiger charge is -2.36. The van der Waals surface area contributed by atoms with Crippen molar-refractivity contribution in [2.75, 3.05) is 11.9 Å². The second-order valence-corrected chi connectivity index (χ2v) is 26.3. The Balaban J connectivity index is 3.37. The van der Waals surface area contributed by atoms with Gasteiger partial charge in [-0.3, -0.25) is 9.53 Å². The number of alkyl halides is 11. The van der Waals surface area contributed by atoms with Crippen molar-refractivity contribution in [3.63, 3.8) is 0 Å². The molecule has 0 spiro atoms. The molecule has 0 N–H and O–H groups in total. The van der Waals surface area contributed by atoms with Crippen LogP contribution in [0.1, 0.15) is 6.42 Å². The lowest BCUT2D eigenvalue weighted by atomic mass is 10.2. The Bertz CT molecular complexity index is 1150. The molecule has 22 heteroatoms. The normalized spacial score (nSPS) is 15.5. The molecule has 0 saturated carbocycles. The van der Waals surface area contributed by atoms with Gasteiger partial charge in [-0.15, -0.1) is 0 Å². The summed E-state index contributed by atoms with van der Waals surface area (Å²) in [6, 6.07) is 6.09. The fraction of sp³-hybridized carbons (Fsp3) is 0.708. The molecule has 0 heterocycles. The van der Waals surface area contributed by atoms with E-state index in [2.05, 4.69) is 4.74 Å². The van der Waals surface area contributed by atoms with Crippen LogP contribution >= 0.6 is 0 Å². The molecule has 0 fully saturated rings. The fourth-order valence-corrected chi connectivity index (χ4v) is 17.8. The molecule has 265 valence electrons. The van der Waals surface area contributed by atoms with E-state index in [1.807, 2.05) is 52.4 Å². The Morgan fingerprint density at radius 1 is 0.761 bits per heavy atom. The quantitative estimate of drug-likeness (QED) is 0.127. The number of carbonyl (C=O) groups is 1. The highest BCUT2D eigenvalue weighted by Crippen LogP contribution is 2.51.